The molecule has 1 rings (SSSR count). The molecule has 0 aliphatic carbocycles. The van der Waals surface area contributed by atoms with Crippen LogP contribution in [0.1, 0.15) is 31.7 Å². The number of benzene rings is 1. The van der Waals surface area contributed by atoms with Gasteiger partial charge in [0, 0.05) is 6.07 Å². The van der Waals surface area contributed by atoms with Crippen molar-refractivity contribution in [2.75, 3.05) is 6.61 Å². The van der Waals surface area contributed by atoms with E-state index >= 15 is 0 Å². The molecular weight excluding hydrogens is 276 g/mol. The van der Waals surface area contributed by atoms with Gasteiger partial charge in [-0.15, -0.1) is 0 Å². The number of hydrogen-bond acceptors (Lipinski definition) is 5. The van der Waals surface area contributed by atoms with E-state index in [1.165, 1.54) is 13.0 Å². The molecule has 21 heavy (non-hydrogen) atoms. The van der Waals surface area contributed by atoms with Crippen LogP contribution < -0.4 is 10.5 Å². The van der Waals surface area contributed by atoms with Crippen LogP contribution in [0.25, 0.3) is 0 Å². The fraction of sp³-hybridized carbons (Fsp3) is 0.500. The summed E-state index contributed by atoms with van der Waals surface area (Å²) in [6, 6.07) is 4.67. The molecule has 116 valence electrons. The Balaban J connectivity index is 2.48. The summed E-state index contributed by atoms with van der Waals surface area (Å²) in [5, 5.41) is 19.7. The Morgan fingerprint density at radius 3 is 2.71 bits per heavy atom. The minimum atomic E-state index is -1.25. The summed E-state index contributed by atoms with van der Waals surface area (Å²) in [6.07, 6.45) is 1.46. The lowest BCUT2D eigenvalue weighted by atomic mass is 9.97. The van der Waals surface area contributed by atoms with E-state index in [1.807, 2.05) is 6.92 Å². The van der Waals surface area contributed by atoms with Crippen molar-refractivity contribution in [1.82, 2.24) is 0 Å². The Hall–Kier alpha value is -2.15. The summed E-state index contributed by atoms with van der Waals surface area (Å²) < 4.78 is 5.42. The first-order valence-corrected chi connectivity index (χ1v) is 6.64. The molecule has 7 heteroatoms. The standard InChI is InChI=1S/C14H20N2O5/c1-10-5-6-11(16(19)20)12(9-10)21-8-4-3-7-14(2,15)13(17)18/h5-6,9H,3-4,7-8,15H2,1-2H3,(H,17,18). The van der Waals surface area contributed by atoms with E-state index in [1.54, 1.807) is 12.1 Å². The van der Waals surface area contributed by atoms with Crippen LogP contribution in [0.15, 0.2) is 18.2 Å². The number of nitrogens with zero attached hydrogens (tertiary/aromatic N) is 1. The number of nitrogens with two attached hydrogens (primary N) is 1. The van der Waals surface area contributed by atoms with Gasteiger partial charge >= 0.3 is 11.7 Å². The summed E-state index contributed by atoms with van der Waals surface area (Å²) in [7, 11) is 0. The SMILES string of the molecule is Cc1ccc([N+](=O)[O-])c(OCCCCC(C)(N)C(=O)O)c1. The maximum atomic E-state index is 10.9. The van der Waals surface area contributed by atoms with Gasteiger partial charge in [0.1, 0.15) is 5.54 Å². The monoisotopic (exact) mass is 296 g/mol. The number of aryl methyl sites for hydroxylation is 1. The number of ether oxygens (including phenoxy) is 1. The fourth-order valence-electron chi connectivity index (χ4n) is 1.77. The molecule has 0 fully saturated rings. The minimum Gasteiger partial charge on any atom is -0.487 e. The summed E-state index contributed by atoms with van der Waals surface area (Å²) in [4.78, 5) is 21.2. The third-order valence-corrected chi connectivity index (χ3v) is 3.15. The lowest BCUT2D eigenvalue weighted by Gasteiger charge is -2.18. The van der Waals surface area contributed by atoms with Crippen LogP contribution in [0.2, 0.25) is 0 Å². The number of carboxylic acids is 1. The number of nitro benzene ring substituents is 1. The van der Waals surface area contributed by atoms with E-state index in [-0.39, 0.29) is 18.0 Å². The molecule has 1 atom stereocenters. The summed E-state index contributed by atoms with van der Waals surface area (Å²) in [6.45, 7) is 3.56. The summed E-state index contributed by atoms with van der Waals surface area (Å²) in [5.41, 5.74) is 5.15. The van der Waals surface area contributed by atoms with Gasteiger partial charge in [0.05, 0.1) is 11.5 Å². The predicted octanol–water partition coefficient (Wildman–Crippen LogP) is 2.25. The normalized spacial score (nSPS) is 13.5. The molecule has 0 amide bonds. The van der Waals surface area contributed by atoms with Crippen molar-refractivity contribution in [3.63, 3.8) is 0 Å². The number of carbonyl (C=O) groups is 1. The molecule has 0 aliphatic heterocycles. The van der Waals surface area contributed by atoms with Gasteiger partial charge in [-0.25, -0.2) is 0 Å². The molecule has 1 aromatic rings. The van der Waals surface area contributed by atoms with Crippen molar-refractivity contribution < 1.29 is 19.6 Å². The van der Waals surface area contributed by atoms with Crippen molar-refractivity contribution in [2.45, 2.75) is 38.6 Å². The third-order valence-electron chi connectivity index (χ3n) is 3.15. The zero-order chi connectivity index (χ0) is 16.0. The van der Waals surface area contributed by atoms with Crippen LogP contribution in [-0.4, -0.2) is 28.1 Å². The van der Waals surface area contributed by atoms with E-state index < -0.39 is 16.4 Å². The highest BCUT2D eigenvalue weighted by Crippen LogP contribution is 2.28. The van der Waals surface area contributed by atoms with Crippen LogP contribution in [0.5, 0.6) is 5.75 Å². The van der Waals surface area contributed by atoms with Crippen LogP contribution >= 0.6 is 0 Å². The fourth-order valence-corrected chi connectivity index (χ4v) is 1.77. The van der Waals surface area contributed by atoms with Gasteiger partial charge in [-0.2, -0.15) is 0 Å². The van der Waals surface area contributed by atoms with Gasteiger partial charge in [-0.05, 0) is 44.7 Å². The molecule has 0 aliphatic rings. The molecule has 1 aromatic carbocycles. The highest BCUT2D eigenvalue weighted by Gasteiger charge is 2.26. The number of rotatable bonds is 8. The second-order valence-corrected chi connectivity index (χ2v) is 5.26. The lowest BCUT2D eigenvalue weighted by Crippen LogP contribution is -2.44. The van der Waals surface area contributed by atoms with E-state index in [4.69, 9.17) is 15.6 Å². The van der Waals surface area contributed by atoms with E-state index in [0.717, 1.165) is 5.56 Å². The first-order chi connectivity index (χ1) is 9.74. The molecule has 7 nitrogen and oxygen atoms in total. The van der Waals surface area contributed by atoms with Gasteiger partial charge in [0.25, 0.3) is 0 Å². The molecular formula is C14H20N2O5. The Morgan fingerprint density at radius 2 is 2.14 bits per heavy atom. The number of nitro groups is 1. The highest BCUT2D eigenvalue weighted by atomic mass is 16.6. The summed E-state index contributed by atoms with van der Waals surface area (Å²) >= 11 is 0. The smallest absolute Gasteiger partial charge is 0.323 e. The molecule has 0 bridgehead atoms. The molecule has 0 aromatic heterocycles. The van der Waals surface area contributed by atoms with Crippen molar-refractivity contribution in [3.05, 3.63) is 33.9 Å². The second-order valence-electron chi connectivity index (χ2n) is 5.26. The van der Waals surface area contributed by atoms with Crippen LogP contribution in [0.3, 0.4) is 0 Å². The molecule has 0 radical (unpaired) electrons. The number of hydrogen-bond donors (Lipinski definition) is 2. The summed E-state index contributed by atoms with van der Waals surface area (Å²) in [5.74, 6) is -0.813. The molecule has 0 heterocycles. The molecule has 0 saturated carbocycles. The Bertz CT molecular complexity index is 528. The Labute approximate surface area is 122 Å². The predicted molar refractivity (Wildman–Crippen MR) is 77.4 cm³/mol. The maximum absolute atomic E-state index is 10.9. The van der Waals surface area contributed by atoms with Crippen molar-refractivity contribution >= 4 is 11.7 Å². The number of unbranched alkanes of at least 4 members (excludes halogenated alkanes) is 1. The van der Waals surface area contributed by atoms with Crippen LogP contribution in [0.4, 0.5) is 5.69 Å². The van der Waals surface area contributed by atoms with E-state index in [0.29, 0.717) is 19.3 Å². The largest absolute Gasteiger partial charge is 0.487 e. The quantitative estimate of drug-likeness (QED) is 0.432. The van der Waals surface area contributed by atoms with Crippen LogP contribution in [-0.2, 0) is 4.79 Å². The zero-order valence-corrected chi connectivity index (χ0v) is 12.2. The Morgan fingerprint density at radius 1 is 1.48 bits per heavy atom. The van der Waals surface area contributed by atoms with E-state index in [2.05, 4.69) is 0 Å². The Kier molecular flexibility index (Phi) is 5.66. The molecule has 0 saturated heterocycles. The minimum absolute atomic E-state index is 0.0743. The van der Waals surface area contributed by atoms with Gasteiger partial charge < -0.3 is 15.6 Å². The third kappa shape index (κ3) is 5.03. The number of carboxylic acid groups (broad SMARTS) is 1. The molecule has 3 N–H and O–H groups in total. The number of aliphatic carboxylic acids is 1. The maximum Gasteiger partial charge on any atom is 0.323 e. The first kappa shape index (κ1) is 16.9. The topological polar surface area (TPSA) is 116 Å². The van der Waals surface area contributed by atoms with Crippen molar-refractivity contribution in [3.8, 4) is 5.75 Å². The zero-order valence-electron chi connectivity index (χ0n) is 12.2. The van der Waals surface area contributed by atoms with E-state index in [9.17, 15) is 14.9 Å². The van der Waals surface area contributed by atoms with Gasteiger partial charge in [-0.3, -0.25) is 14.9 Å². The first-order valence-electron chi connectivity index (χ1n) is 6.64. The lowest BCUT2D eigenvalue weighted by molar-refractivity contribution is -0.385. The van der Waals surface area contributed by atoms with Crippen molar-refractivity contribution in [1.29, 1.82) is 0 Å². The molecule has 1 unspecified atom stereocenters. The van der Waals surface area contributed by atoms with Gasteiger partial charge in [0.2, 0.25) is 0 Å². The molecule has 0 spiro atoms. The second kappa shape index (κ2) is 7.03. The highest BCUT2D eigenvalue weighted by molar-refractivity contribution is 5.77. The van der Waals surface area contributed by atoms with Gasteiger partial charge in [0.15, 0.2) is 5.75 Å². The van der Waals surface area contributed by atoms with Crippen LogP contribution in [0, 0.1) is 17.0 Å². The average Bonchev–Trinajstić information content (AvgIpc) is 2.37. The van der Waals surface area contributed by atoms with Gasteiger partial charge in [-0.1, -0.05) is 6.07 Å². The average molecular weight is 296 g/mol. The van der Waals surface area contributed by atoms with Crippen molar-refractivity contribution in [2.24, 2.45) is 5.73 Å².